The number of ether oxygens (including phenoxy) is 1. The monoisotopic (exact) mass is 378 g/mol. The molecule has 0 aliphatic carbocycles. The molecular formula is C17H15ClN2O4S. The Labute approximate surface area is 150 Å². The van der Waals surface area contributed by atoms with Gasteiger partial charge in [0.1, 0.15) is 12.4 Å². The zero-order chi connectivity index (χ0) is 17.9. The van der Waals surface area contributed by atoms with E-state index in [1.807, 2.05) is 6.07 Å². The summed E-state index contributed by atoms with van der Waals surface area (Å²) in [5.74, 6) is -0.170. The maximum Gasteiger partial charge on any atom is 0.308 e. The molecule has 2 aromatic rings. The van der Waals surface area contributed by atoms with E-state index in [1.165, 1.54) is 6.07 Å². The van der Waals surface area contributed by atoms with Crippen LogP contribution in [-0.4, -0.2) is 26.8 Å². The van der Waals surface area contributed by atoms with Crippen LogP contribution in [0, 0.1) is 0 Å². The molecule has 0 radical (unpaired) electrons. The van der Waals surface area contributed by atoms with Gasteiger partial charge in [-0.2, -0.15) is 0 Å². The van der Waals surface area contributed by atoms with Crippen molar-refractivity contribution in [3.8, 4) is 0 Å². The zero-order valence-corrected chi connectivity index (χ0v) is 14.7. The van der Waals surface area contributed by atoms with Gasteiger partial charge < -0.3 is 4.74 Å². The van der Waals surface area contributed by atoms with E-state index in [0.29, 0.717) is 10.6 Å². The van der Waals surface area contributed by atoms with Crippen molar-refractivity contribution in [2.75, 3.05) is 6.54 Å². The standard InChI is InChI=1S/C17H15ClN2O4S/c18-13-5-3-4-12(10-13)11-24-16(21)8-9-19-17-14-6-1-2-7-15(14)25(22,23)20-17/h1-7,10H,8-9,11H2,(H,19,20). The van der Waals surface area contributed by atoms with Crippen LogP contribution in [0.4, 0.5) is 0 Å². The Morgan fingerprint density at radius 1 is 1.16 bits per heavy atom. The minimum atomic E-state index is -3.57. The van der Waals surface area contributed by atoms with Crippen molar-refractivity contribution >= 4 is 33.4 Å². The summed E-state index contributed by atoms with van der Waals surface area (Å²) in [5, 5.41) is 0.576. The van der Waals surface area contributed by atoms with E-state index in [4.69, 9.17) is 16.3 Å². The molecule has 1 N–H and O–H groups in total. The molecule has 0 atom stereocenters. The summed E-state index contributed by atoms with van der Waals surface area (Å²) in [7, 11) is -3.57. The van der Waals surface area contributed by atoms with Crippen LogP contribution in [0.25, 0.3) is 0 Å². The second-order valence-corrected chi connectivity index (χ2v) is 7.46. The third kappa shape index (κ3) is 4.18. The van der Waals surface area contributed by atoms with Gasteiger partial charge in [-0.05, 0) is 29.8 Å². The van der Waals surface area contributed by atoms with Crippen LogP contribution < -0.4 is 4.72 Å². The van der Waals surface area contributed by atoms with E-state index >= 15 is 0 Å². The fraction of sp³-hybridized carbons (Fsp3) is 0.176. The van der Waals surface area contributed by atoms with Gasteiger partial charge in [0.15, 0.2) is 0 Å². The highest BCUT2D eigenvalue weighted by Gasteiger charge is 2.29. The Kier molecular flexibility index (Phi) is 5.06. The van der Waals surface area contributed by atoms with Crippen molar-refractivity contribution in [3.05, 3.63) is 64.7 Å². The molecule has 6 nitrogen and oxygen atoms in total. The van der Waals surface area contributed by atoms with E-state index in [-0.39, 0.29) is 30.3 Å². The molecule has 3 rings (SSSR count). The lowest BCUT2D eigenvalue weighted by molar-refractivity contribution is -0.144. The molecular weight excluding hydrogens is 364 g/mol. The maximum absolute atomic E-state index is 12.0. The van der Waals surface area contributed by atoms with Gasteiger partial charge >= 0.3 is 5.97 Å². The van der Waals surface area contributed by atoms with Crippen LogP contribution in [0.2, 0.25) is 5.02 Å². The molecule has 1 aliphatic heterocycles. The molecule has 0 saturated carbocycles. The maximum atomic E-state index is 12.0. The first-order valence-electron chi connectivity index (χ1n) is 7.52. The highest BCUT2D eigenvalue weighted by molar-refractivity contribution is 7.90. The van der Waals surface area contributed by atoms with E-state index < -0.39 is 16.0 Å². The number of carbonyl (C=O) groups excluding carboxylic acids is 1. The van der Waals surface area contributed by atoms with Gasteiger partial charge in [0.05, 0.1) is 17.9 Å². The van der Waals surface area contributed by atoms with Crippen molar-refractivity contribution < 1.29 is 17.9 Å². The third-order valence-corrected chi connectivity index (χ3v) is 5.17. The van der Waals surface area contributed by atoms with Gasteiger partial charge in [0.2, 0.25) is 0 Å². The van der Waals surface area contributed by atoms with Crippen molar-refractivity contribution in [1.29, 1.82) is 0 Å². The van der Waals surface area contributed by atoms with E-state index in [2.05, 4.69) is 9.71 Å². The first-order chi connectivity index (χ1) is 12.0. The highest BCUT2D eigenvalue weighted by atomic mass is 35.5. The van der Waals surface area contributed by atoms with E-state index in [9.17, 15) is 13.2 Å². The highest BCUT2D eigenvalue weighted by Crippen LogP contribution is 2.22. The summed E-state index contributed by atoms with van der Waals surface area (Å²) in [6.07, 6.45) is 0.0496. The number of nitrogens with zero attached hydrogens (tertiary/aromatic N) is 1. The molecule has 0 amide bonds. The lowest BCUT2D eigenvalue weighted by atomic mass is 10.2. The minimum Gasteiger partial charge on any atom is -0.461 e. The molecule has 1 heterocycles. The number of aliphatic imine (C=N–C) groups is 1. The van der Waals surface area contributed by atoms with Crippen LogP contribution in [0.3, 0.4) is 0 Å². The van der Waals surface area contributed by atoms with Crippen molar-refractivity contribution in [1.82, 2.24) is 4.72 Å². The molecule has 0 aromatic heterocycles. The Bertz CT molecular complexity index is 941. The zero-order valence-electron chi connectivity index (χ0n) is 13.1. The van der Waals surface area contributed by atoms with Gasteiger partial charge in [-0.15, -0.1) is 0 Å². The number of halogens is 1. The first-order valence-corrected chi connectivity index (χ1v) is 9.38. The number of benzene rings is 2. The Morgan fingerprint density at radius 3 is 2.76 bits per heavy atom. The number of esters is 1. The third-order valence-electron chi connectivity index (χ3n) is 3.54. The van der Waals surface area contributed by atoms with E-state index in [1.54, 1.807) is 36.4 Å². The smallest absolute Gasteiger partial charge is 0.308 e. The number of amidine groups is 1. The summed E-state index contributed by atoms with van der Waals surface area (Å²) in [6, 6.07) is 13.6. The Morgan fingerprint density at radius 2 is 1.96 bits per heavy atom. The molecule has 0 saturated heterocycles. The summed E-state index contributed by atoms with van der Waals surface area (Å²) in [4.78, 5) is 16.2. The quantitative estimate of drug-likeness (QED) is 0.810. The topological polar surface area (TPSA) is 84.8 Å². The molecule has 0 unspecified atom stereocenters. The summed E-state index contributed by atoms with van der Waals surface area (Å²) >= 11 is 5.87. The van der Waals surface area contributed by atoms with Crippen LogP contribution in [0.1, 0.15) is 17.5 Å². The van der Waals surface area contributed by atoms with Crippen molar-refractivity contribution in [2.24, 2.45) is 4.99 Å². The molecule has 8 heteroatoms. The average molecular weight is 379 g/mol. The largest absolute Gasteiger partial charge is 0.461 e. The Balaban J connectivity index is 1.56. The molecule has 0 spiro atoms. The number of sulfonamides is 1. The van der Waals surface area contributed by atoms with Gasteiger partial charge in [-0.3, -0.25) is 14.5 Å². The van der Waals surface area contributed by atoms with Crippen LogP contribution in [0.15, 0.2) is 58.4 Å². The predicted octanol–water partition coefficient (Wildman–Crippen LogP) is 2.51. The van der Waals surface area contributed by atoms with Gasteiger partial charge in [0, 0.05) is 10.6 Å². The Hall–Kier alpha value is -2.38. The number of nitrogens with one attached hydrogen (secondary N) is 1. The van der Waals surface area contributed by atoms with Crippen LogP contribution >= 0.6 is 11.6 Å². The fourth-order valence-electron chi connectivity index (χ4n) is 2.37. The fourth-order valence-corrected chi connectivity index (χ4v) is 3.84. The van der Waals surface area contributed by atoms with E-state index in [0.717, 1.165) is 5.56 Å². The van der Waals surface area contributed by atoms with Crippen molar-refractivity contribution in [3.63, 3.8) is 0 Å². The number of hydrogen-bond acceptors (Lipinski definition) is 5. The second kappa shape index (κ2) is 7.25. The molecule has 1 aliphatic rings. The lowest BCUT2D eigenvalue weighted by Gasteiger charge is -2.04. The average Bonchev–Trinajstić information content (AvgIpc) is 2.84. The minimum absolute atomic E-state index is 0.0496. The van der Waals surface area contributed by atoms with Gasteiger partial charge in [-0.1, -0.05) is 35.9 Å². The SMILES string of the molecule is O=C(CCN=C1NS(=O)(=O)c2ccccc21)OCc1cccc(Cl)c1. The summed E-state index contributed by atoms with van der Waals surface area (Å²) < 4.78 is 31.4. The molecule has 2 aromatic carbocycles. The number of rotatable bonds is 5. The molecule has 0 bridgehead atoms. The van der Waals surface area contributed by atoms with Crippen LogP contribution in [0.5, 0.6) is 0 Å². The van der Waals surface area contributed by atoms with Gasteiger partial charge in [-0.25, -0.2) is 8.42 Å². The van der Waals surface area contributed by atoms with Crippen molar-refractivity contribution in [2.45, 2.75) is 17.9 Å². The normalized spacial score (nSPS) is 16.3. The number of fused-ring (bicyclic) bond motifs is 1. The molecule has 130 valence electrons. The van der Waals surface area contributed by atoms with Crippen LogP contribution in [-0.2, 0) is 26.2 Å². The summed E-state index contributed by atoms with van der Waals surface area (Å²) in [5.41, 5.74) is 1.31. The van der Waals surface area contributed by atoms with Gasteiger partial charge in [0.25, 0.3) is 10.0 Å². The summed E-state index contributed by atoms with van der Waals surface area (Å²) in [6.45, 7) is 0.256. The first kappa shape index (κ1) is 17.4. The number of carbonyl (C=O) groups is 1. The molecule has 0 fully saturated rings. The predicted molar refractivity (Wildman–Crippen MR) is 94.0 cm³/mol. The second-order valence-electron chi connectivity index (χ2n) is 5.37. The lowest BCUT2D eigenvalue weighted by Crippen LogP contribution is -2.22. The molecule has 25 heavy (non-hydrogen) atoms. The number of hydrogen-bond donors (Lipinski definition) is 1.